The molecule has 6 nitrogen and oxygen atoms in total. The van der Waals surface area contributed by atoms with Crippen LogP contribution in [-0.2, 0) is 4.79 Å². The molecule has 0 aliphatic heterocycles. The minimum atomic E-state index is -0.188. The van der Waals surface area contributed by atoms with E-state index in [2.05, 4.69) is 10.6 Å². The number of ether oxygens (including phenoxy) is 2. The quantitative estimate of drug-likeness (QED) is 0.687. The Balaban J connectivity index is 1.85. The van der Waals surface area contributed by atoms with Crippen LogP contribution >= 0.6 is 11.3 Å². The van der Waals surface area contributed by atoms with E-state index in [1.807, 2.05) is 44.4 Å². The van der Waals surface area contributed by atoms with Crippen LogP contribution in [0, 0.1) is 0 Å². The second-order valence-corrected chi connectivity index (χ2v) is 7.16. The highest BCUT2D eigenvalue weighted by atomic mass is 32.1. The number of amides is 2. The molecule has 27 heavy (non-hydrogen) atoms. The normalized spacial score (nSPS) is 11.7. The third-order valence-electron chi connectivity index (χ3n) is 3.85. The number of hydrogen-bond donors (Lipinski definition) is 2. The van der Waals surface area contributed by atoms with Gasteiger partial charge >= 0.3 is 0 Å². The number of nitrogens with one attached hydrogen (secondary N) is 2. The largest absolute Gasteiger partial charge is 0.493 e. The van der Waals surface area contributed by atoms with Gasteiger partial charge in [0.05, 0.1) is 19.3 Å². The monoisotopic (exact) mass is 390 g/mol. The first-order valence-electron chi connectivity index (χ1n) is 8.85. The molecule has 146 valence electrons. The maximum absolute atomic E-state index is 12.1. The highest BCUT2D eigenvalue weighted by Gasteiger charge is 2.14. The molecule has 2 aromatic rings. The standard InChI is InChI=1S/C20H26N2O4S/c1-13(2)26-17-6-5-15(11-18(17)25-4)14(3)22-19(23)7-9-21-20(24)16-8-10-27-12-16/h5-6,8,10-14H,7,9H2,1-4H3,(H,21,24)(H,22,23). The summed E-state index contributed by atoms with van der Waals surface area (Å²) in [6.07, 6.45) is 0.262. The van der Waals surface area contributed by atoms with Crippen LogP contribution < -0.4 is 20.1 Å². The number of benzene rings is 1. The van der Waals surface area contributed by atoms with Crippen LogP contribution in [0.2, 0.25) is 0 Å². The van der Waals surface area contributed by atoms with Crippen molar-refractivity contribution in [2.24, 2.45) is 0 Å². The van der Waals surface area contributed by atoms with Gasteiger partial charge in [0.25, 0.3) is 5.91 Å². The van der Waals surface area contributed by atoms with Gasteiger partial charge in [-0.1, -0.05) is 6.07 Å². The maximum Gasteiger partial charge on any atom is 0.252 e. The van der Waals surface area contributed by atoms with Gasteiger partial charge in [-0.25, -0.2) is 0 Å². The smallest absolute Gasteiger partial charge is 0.252 e. The Morgan fingerprint density at radius 3 is 2.56 bits per heavy atom. The van der Waals surface area contributed by atoms with Gasteiger partial charge in [0, 0.05) is 23.9 Å². The molecule has 0 bridgehead atoms. The van der Waals surface area contributed by atoms with Crippen molar-refractivity contribution in [3.05, 3.63) is 46.2 Å². The van der Waals surface area contributed by atoms with Crippen molar-refractivity contribution in [2.45, 2.75) is 39.3 Å². The van der Waals surface area contributed by atoms with Gasteiger partial charge in [0.1, 0.15) is 0 Å². The number of carbonyl (C=O) groups excluding carboxylic acids is 2. The second-order valence-electron chi connectivity index (χ2n) is 6.38. The second kappa shape index (κ2) is 9.97. The molecule has 1 atom stereocenters. The summed E-state index contributed by atoms with van der Waals surface area (Å²) in [6.45, 7) is 6.10. The third-order valence-corrected chi connectivity index (χ3v) is 4.53. The number of hydrogen-bond acceptors (Lipinski definition) is 5. The van der Waals surface area contributed by atoms with Crippen molar-refractivity contribution in [1.29, 1.82) is 0 Å². The Kier molecular flexibility index (Phi) is 7.67. The first-order valence-corrected chi connectivity index (χ1v) is 9.79. The summed E-state index contributed by atoms with van der Waals surface area (Å²) in [6, 6.07) is 7.18. The predicted octanol–water partition coefficient (Wildman–Crippen LogP) is 3.54. The Labute approximate surface area is 163 Å². The molecule has 0 saturated carbocycles. The molecule has 1 aromatic heterocycles. The fraction of sp³-hybridized carbons (Fsp3) is 0.400. The average molecular weight is 391 g/mol. The topological polar surface area (TPSA) is 76.7 Å². The van der Waals surface area contributed by atoms with Gasteiger partial charge < -0.3 is 20.1 Å². The SMILES string of the molecule is COc1cc(C(C)NC(=O)CCNC(=O)c2ccsc2)ccc1OC(C)C. The fourth-order valence-corrected chi connectivity index (χ4v) is 3.12. The Hall–Kier alpha value is -2.54. The summed E-state index contributed by atoms with van der Waals surface area (Å²) >= 11 is 1.46. The molecule has 0 saturated heterocycles. The molecule has 1 unspecified atom stereocenters. The van der Waals surface area contributed by atoms with Crippen molar-refractivity contribution in [3.63, 3.8) is 0 Å². The van der Waals surface area contributed by atoms with Crippen molar-refractivity contribution in [3.8, 4) is 11.5 Å². The molecule has 2 rings (SSSR count). The van der Waals surface area contributed by atoms with Gasteiger partial charge in [-0.05, 0) is 49.9 Å². The lowest BCUT2D eigenvalue weighted by Crippen LogP contribution is -2.32. The minimum Gasteiger partial charge on any atom is -0.493 e. The zero-order valence-electron chi connectivity index (χ0n) is 16.1. The first-order chi connectivity index (χ1) is 12.9. The summed E-state index contributed by atoms with van der Waals surface area (Å²) in [5, 5.41) is 9.29. The highest BCUT2D eigenvalue weighted by molar-refractivity contribution is 7.08. The van der Waals surface area contributed by atoms with E-state index < -0.39 is 0 Å². The Bertz CT molecular complexity index is 759. The summed E-state index contributed by atoms with van der Waals surface area (Å²) in [5.41, 5.74) is 1.53. The average Bonchev–Trinajstić information content (AvgIpc) is 3.16. The van der Waals surface area contributed by atoms with Gasteiger partial charge in [0.15, 0.2) is 11.5 Å². The van der Waals surface area contributed by atoms with Crippen LogP contribution in [0.15, 0.2) is 35.0 Å². The maximum atomic E-state index is 12.1. The highest BCUT2D eigenvalue weighted by Crippen LogP contribution is 2.31. The molecule has 2 N–H and O–H groups in total. The van der Waals surface area contributed by atoms with Gasteiger partial charge in [0.2, 0.25) is 5.91 Å². The molecule has 1 aromatic carbocycles. The van der Waals surface area contributed by atoms with E-state index in [0.717, 1.165) is 5.56 Å². The molecule has 1 heterocycles. The van der Waals surface area contributed by atoms with Gasteiger partial charge in [-0.3, -0.25) is 9.59 Å². The summed E-state index contributed by atoms with van der Waals surface area (Å²) in [7, 11) is 1.59. The predicted molar refractivity (Wildman–Crippen MR) is 107 cm³/mol. The number of carbonyl (C=O) groups is 2. The van der Waals surface area contributed by atoms with Crippen molar-refractivity contribution < 1.29 is 19.1 Å². The van der Waals surface area contributed by atoms with E-state index in [1.54, 1.807) is 18.6 Å². The summed E-state index contributed by atoms with van der Waals surface area (Å²) in [4.78, 5) is 24.0. The molecule has 0 aliphatic rings. The van der Waals surface area contributed by atoms with Crippen LogP contribution in [0.1, 0.15) is 49.2 Å². The molecular formula is C20H26N2O4S. The van der Waals surface area contributed by atoms with Crippen molar-refractivity contribution in [1.82, 2.24) is 10.6 Å². The number of thiophene rings is 1. The van der Waals surface area contributed by atoms with E-state index in [4.69, 9.17) is 9.47 Å². The van der Waals surface area contributed by atoms with E-state index in [0.29, 0.717) is 17.1 Å². The first kappa shape index (κ1) is 20.8. The van der Waals surface area contributed by atoms with Crippen molar-refractivity contribution in [2.75, 3.05) is 13.7 Å². The summed E-state index contributed by atoms with van der Waals surface area (Å²) < 4.78 is 11.1. The number of methoxy groups -OCH3 is 1. The van der Waals surface area contributed by atoms with E-state index in [-0.39, 0.29) is 36.9 Å². The van der Waals surface area contributed by atoms with Gasteiger partial charge in [-0.15, -0.1) is 0 Å². The van der Waals surface area contributed by atoms with Gasteiger partial charge in [-0.2, -0.15) is 11.3 Å². The van der Waals surface area contributed by atoms with Crippen LogP contribution in [0.5, 0.6) is 11.5 Å². The zero-order chi connectivity index (χ0) is 19.8. The van der Waals surface area contributed by atoms with Crippen LogP contribution in [-0.4, -0.2) is 31.6 Å². The minimum absolute atomic E-state index is 0.0474. The molecule has 2 amide bonds. The molecule has 0 radical (unpaired) electrons. The van der Waals surface area contributed by atoms with Crippen molar-refractivity contribution >= 4 is 23.2 Å². The Morgan fingerprint density at radius 1 is 1.15 bits per heavy atom. The molecule has 0 spiro atoms. The van der Waals surface area contributed by atoms with E-state index in [1.165, 1.54) is 11.3 Å². The van der Waals surface area contributed by atoms with E-state index >= 15 is 0 Å². The molecule has 0 fully saturated rings. The lowest BCUT2D eigenvalue weighted by Gasteiger charge is -2.18. The lowest BCUT2D eigenvalue weighted by atomic mass is 10.1. The Morgan fingerprint density at radius 2 is 1.93 bits per heavy atom. The fourth-order valence-electron chi connectivity index (χ4n) is 2.49. The molecular weight excluding hydrogens is 364 g/mol. The number of rotatable bonds is 9. The lowest BCUT2D eigenvalue weighted by molar-refractivity contribution is -0.121. The third kappa shape index (κ3) is 6.29. The van der Waals surface area contributed by atoms with Crippen LogP contribution in [0.25, 0.3) is 0 Å². The van der Waals surface area contributed by atoms with E-state index in [9.17, 15) is 9.59 Å². The summed E-state index contributed by atoms with van der Waals surface area (Å²) in [5.74, 6) is 1.01. The van der Waals surface area contributed by atoms with Crippen LogP contribution in [0.4, 0.5) is 0 Å². The molecule has 0 aliphatic carbocycles. The molecule has 7 heteroatoms. The van der Waals surface area contributed by atoms with Crippen LogP contribution in [0.3, 0.4) is 0 Å². The zero-order valence-corrected chi connectivity index (χ0v) is 16.9.